The van der Waals surface area contributed by atoms with Gasteiger partial charge in [-0.15, -0.1) is 5.10 Å². The Morgan fingerprint density at radius 3 is 2.58 bits per heavy atom. The van der Waals surface area contributed by atoms with E-state index < -0.39 is 0 Å². The molecule has 31 heavy (non-hydrogen) atoms. The molecule has 0 N–H and O–H groups in total. The third-order valence-electron chi connectivity index (χ3n) is 6.13. The van der Waals surface area contributed by atoms with Crippen molar-refractivity contribution < 1.29 is 4.79 Å². The number of ketones is 1. The number of hydrogen-bond donors (Lipinski definition) is 0. The highest BCUT2D eigenvalue weighted by atomic mass is 16.1. The van der Waals surface area contributed by atoms with Crippen molar-refractivity contribution in [2.45, 2.75) is 39.0 Å². The number of aromatic nitrogens is 4. The molecular weight excluding hydrogens is 388 g/mol. The minimum Gasteiger partial charge on any atom is -0.353 e. The quantitative estimate of drug-likeness (QED) is 0.518. The number of unbranched alkanes of at least 4 members (excludes halogenated alkanes) is 1. The second-order valence-electron chi connectivity index (χ2n) is 8.87. The molecule has 1 saturated heterocycles. The van der Waals surface area contributed by atoms with E-state index in [4.69, 9.17) is 5.10 Å². The van der Waals surface area contributed by atoms with Crippen LogP contribution in [0.3, 0.4) is 0 Å². The van der Waals surface area contributed by atoms with E-state index in [1.807, 2.05) is 10.9 Å². The minimum atomic E-state index is 0.174. The van der Waals surface area contributed by atoms with Crippen LogP contribution in [-0.2, 0) is 4.79 Å². The van der Waals surface area contributed by atoms with Crippen LogP contribution in [0.4, 0.5) is 5.82 Å². The van der Waals surface area contributed by atoms with Gasteiger partial charge in [-0.1, -0.05) is 17.7 Å². The smallest absolute Gasteiger partial charge is 0.179 e. The normalized spacial score (nSPS) is 15.2. The third-order valence-corrected chi connectivity index (χ3v) is 6.13. The maximum atomic E-state index is 12.6. The Kier molecular flexibility index (Phi) is 6.61. The number of carbonyl (C=O) groups is 1. The van der Waals surface area contributed by atoms with Crippen LogP contribution in [0.5, 0.6) is 0 Å². The van der Waals surface area contributed by atoms with Crippen LogP contribution < -0.4 is 4.90 Å². The van der Waals surface area contributed by atoms with Crippen molar-refractivity contribution in [3.63, 3.8) is 0 Å². The average molecular weight is 421 g/mol. The number of Topliss-reactive ketones (excluding diaryl/α,β-unsaturated/α-hetero) is 1. The van der Waals surface area contributed by atoms with Crippen molar-refractivity contribution in [3.8, 4) is 5.69 Å². The molecule has 0 unspecified atom stereocenters. The topological polar surface area (TPSA) is 67.2 Å². The number of piperidine rings is 1. The lowest BCUT2D eigenvalue weighted by Crippen LogP contribution is -2.37. The van der Waals surface area contributed by atoms with Gasteiger partial charge >= 0.3 is 0 Å². The Morgan fingerprint density at radius 2 is 1.87 bits per heavy atom. The average Bonchev–Trinajstić information content (AvgIpc) is 3.21. The summed E-state index contributed by atoms with van der Waals surface area (Å²) < 4.78 is 1.89. The van der Waals surface area contributed by atoms with E-state index in [1.165, 1.54) is 5.56 Å². The zero-order valence-corrected chi connectivity index (χ0v) is 18.8. The first-order valence-electron chi connectivity index (χ1n) is 11.2. The lowest BCUT2D eigenvalue weighted by Gasteiger charge is -2.31. The summed E-state index contributed by atoms with van der Waals surface area (Å²) >= 11 is 0. The van der Waals surface area contributed by atoms with Gasteiger partial charge in [0.05, 0.1) is 11.9 Å². The number of rotatable bonds is 8. The maximum absolute atomic E-state index is 12.6. The van der Waals surface area contributed by atoms with Gasteiger partial charge in [-0.2, -0.15) is 10.2 Å². The Balaban J connectivity index is 1.41. The number of benzene rings is 1. The summed E-state index contributed by atoms with van der Waals surface area (Å²) in [5.74, 6) is 1.42. The number of fused-ring (bicyclic) bond motifs is 1. The van der Waals surface area contributed by atoms with Crippen molar-refractivity contribution in [2.75, 3.05) is 38.6 Å². The van der Waals surface area contributed by atoms with E-state index in [1.54, 1.807) is 6.20 Å². The zero-order chi connectivity index (χ0) is 21.8. The Morgan fingerprint density at radius 1 is 1.13 bits per heavy atom. The Hall–Kier alpha value is -2.80. The van der Waals surface area contributed by atoms with Crippen LogP contribution in [-0.4, -0.2) is 64.4 Å². The lowest BCUT2D eigenvalue weighted by molar-refractivity contribution is -0.123. The molecule has 0 spiro atoms. The van der Waals surface area contributed by atoms with E-state index >= 15 is 0 Å². The summed E-state index contributed by atoms with van der Waals surface area (Å²) in [4.78, 5) is 17.0. The third kappa shape index (κ3) is 5.10. The molecule has 4 rings (SSSR count). The Labute approximate surface area is 184 Å². The van der Waals surface area contributed by atoms with Gasteiger partial charge < -0.3 is 9.80 Å². The molecule has 7 nitrogen and oxygen atoms in total. The van der Waals surface area contributed by atoms with Crippen LogP contribution in [0.25, 0.3) is 16.6 Å². The molecule has 7 heteroatoms. The molecule has 3 aromatic rings. The minimum absolute atomic E-state index is 0.174. The molecule has 2 aromatic heterocycles. The molecule has 0 saturated carbocycles. The molecule has 1 aliphatic rings. The highest BCUT2D eigenvalue weighted by molar-refractivity contribution is 5.88. The monoisotopic (exact) mass is 420 g/mol. The summed E-state index contributed by atoms with van der Waals surface area (Å²) in [5, 5.41) is 14.4. The van der Waals surface area contributed by atoms with E-state index in [-0.39, 0.29) is 5.92 Å². The second-order valence-corrected chi connectivity index (χ2v) is 8.87. The van der Waals surface area contributed by atoms with E-state index in [9.17, 15) is 4.79 Å². The van der Waals surface area contributed by atoms with Gasteiger partial charge in [0.15, 0.2) is 5.82 Å². The first-order chi connectivity index (χ1) is 15.0. The number of anilines is 1. The van der Waals surface area contributed by atoms with E-state index in [0.29, 0.717) is 12.2 Å². The molecule has 0 aliphatic carbocycles. The predicted molar refractivity (Wildman–Crippen MR) is 124 cm³/mol. The molecule has 0 amide bonds. The summed E-state index contributed by atoms with van der Waals surface area (Å²) in [6.45, 7) is 4.76. The molecule has 1 fully saturated rings. The fraction of sp³-hybridized carbons (Fsp3) is 0.500. The van der Waals surface area contributed by atoms with Gasteiger partial charge in [0.2, 0.25) is 0 Å². The highest BCUT2D eigenvalue weighted by Crippen LogP contribution is 2.28. The first-order valence-corrected chi connectivity index (χ1v) is 11.2. The van der Waals surface area contributed by atoms with Gasteiger partial charge in [-0.05, 0) is 65.4 Å². The first kappa shape index (κ1) is 21.4. The summed E-state index contributed by atoms with van der Waals surface area (Å²) in [7, 11) is 4.15. The van der Waals surface area contributed by atoms with E-state index in [2.05, 4.69) is 65.3 Å². The van der Waals surface area contributed by atoms with Crippen molar-refractivity contribution in [1.29, 1.82) is 0 Å². The van der Waals surface area contributed by atoms with Crippen LogP contribution in [0.1, 0.15) is 37.7 Å². The standard InChI is InChI=1S/C24H32N6O/c1-18-7-9-21(10-8-18)30-17-20-16-25-26-24(23(20)27-30)29-14-11-19(12-15-29)22(31)6-4-5-13-28(2)3/h7-10,16-17,19H,4-6,11-15H2,1-3H3. The molecule has 1 aromatic carbocycles. The number of nitrogens with zero attached hydrogens (tertiary/aromatic N) is 6. The van der Waals surface area contributed by atoms with Gasteiger partial charge in [-0.3, -0.25) is 4.79 Å². The zero-order valence-electron chi connectivity index (χ0n) is 18.8. The molecule has 1 aliphatic heterocycles. The molecular formula is C24H32N6O. The molecule has 0 bridgehead atoms. The van der Waals surface area contributed by atoms with E-state index in [0.717, 1.165) is 67.7 Å². The molecule has 164 valence electrons. The number of carbonyl (C=O) groups excluding carboxylic acids is 1. The maximum Gasteiger partial charge on any atom is 0.179 e. The second kappa shape index (κ2) is 9.56. The predicted octanol–water partition coefficient (Wildman–Crippen LogP) is 3.64. The van der Waals surface area contributed by atoms with Crippen LogP contribution in [0.15, 0.2) is 36.7 Å². The fourth-order valence-corrected chi connectivity index (χ4v) is 4.24. The van der Waals surface area contributed by atoms with Gasteiger partial charge in [0.1, 0.15) is 11.3 Å². The molecule has 0 atom stereocenters. The lowest BCUT2D eigenvalue weighted by atomic mass is 9.90. The number of aryl methyl sites for hydroxylation is 1. The van der Waals surface area contributed by atoms with Crippen molar-refractivity contribution in [2.24, 2.45) is 5.92 Å². The van der Waals surface area contributed by atoms with Gasteiger partial charge in [-0.25, -0.2) is 4.68 Å². The van der Waals surface area contributed by atoms with Gasteiger partial charge in [0.25, 0.3) is 0 Å². The fourth-order valence-electron chi connectivity index (χ4n) is 4.24. The highest BCUT2D eigenvalue weighted by Gasteiger charge is 2.26. The van der Waals surface area contributed by atoms with Crippen LogP contribution in [0, 0.1) is 12.8 Å². The van der Waals surface area contributed by atoms with Gasteiger partial charge in [0, 0.05) is 37.0 Å². The van der Waals surface area contributed by atoms with Crippen LogP contribution in [0.2, 0.25) is 0 Å². The summed E-state index contributed by atoms with van der Waals surface area (Å²) in [6, 6.07) is 8.30. The Bertz CT molecular complexity index is 1020. The van der Waals surface area contributed by atoms with Crippen LogP contribution >= 0.6 is 0 Å². The van der Waals surface area contributed by atoms with Crippen molar-refractivity contribution in [3.05, 3.63) is 42.2 Å². The SMILES string of the molecule is Cc1ccc(-n2cc3cnnc(N4CCC(C(=O)CCCCN(C)C)CC4)c3n2)cc1. The summed E-state index contributed by atoms with van der Waals surface area (Å²) in [6.07, 6.45) is 8.29. The summed E-state index contributed by atoms with van der Waals surface area (Å²) in [5.41, 5.74) is 3.11. The molecule has 0 radical (unpaired) electrons. The van der Waals surface area contributed by atoms with Crippen molar-refractivity contribution >= 4 is 22.5 Å². The number of hydrogen-bond acceptors (Lipinski definition) is 6. The molecule has 3 heterocycles. The van der Waals surface area contributed by atoms with Crippen molar-refractivity contribution in [1.82, 2.24) is 24.9 Å². The largest absolute Gasteiger partial charge is 0.353 e.